The smallest absolute Gasteiger partial charge is 0.325 e. The average Bonchev–Trinajstić information content (AvgIpc) is 3.31. The third-order valence-corrected chi connectivity index (χ3v) is 5.70. The summed E-state index contributed by atoms with van der Waals surface area (Å²) in [6.45, 7) is 2.19. The van der Waals surface area contributed by atoms with E-state index in [1.54, 1.807) is 61.1 Å². The quantitative estimate of drug-likeness (QED) is 0.336. The van der Waals surface area contributed by atoms with Gasteiger partial charge in [0.05, 0.1) is 29.4 Å². The number of urea groups is 1. The first-order valence-electron chi connectivity index (χ1n) is 10.4. The van der Waals surface area contributed by atoms with E-state index in [0.717, 1.165) is 10.4 Å². The van der Waals surface area contributed by atoms with Crippen LogP contribution >= 0.6 is 11.3 Å². The van der Waals surface area contributed by atoms with E-state index >= 15 is 0 Å². The molecule has 0 spiro atoms. The minimum atomic E-state index is -0.507. The number of hydrogen-bond acceptors (Lipinski definition) is 7. The first-order chi connectivity index (χ1) is 16.5. The fourth-order valence-corrected chi connectivity index (χ4v) is 3.92. The lowest BCUT2D eigenvalue weighted by Crippen LogP contribution is -2.21. The van der Waals surface area contributed by atoms with Gasteiger partial charge in [-0.25, -0.2) is 9.78 Å². The zero-order valence-electron chi connectivity index (χ0n) is 18.6. The predicted octanol–water partition coefficient (Wildman–Crippen LogP) is 5.31. The van der Waals surface area contributed by atoms with Crippen LogP contribution in [0.4, 0.5) is 15.6 Å². The number of nitrogens with one attached hydrogen (secondary N) is 2. The van der Waals surface area contributed by atoms with Gasteiger partial charge in [-0.1, -0.05) is 35.1 Å². The number of aromatic nitrogens is 2. The highest BCUT2D eigenvalue weighted by Gasteiger charge is 2.19. The first-order valence-corrected chi connectivity index (χ1v) is 11.2. The maximum Gasteiger partial charge on any atom is 0.325 e. The summed E-state index contributed by atoms with van der Waals surface area (Å²) in [5, 5.41) is 5.87. The fraction of sp³-hybridized carbons (Fsp3) is 0.120. The summed E-state index contributed by atoms with van der Waals surface area (Å²) >= 11 is 1.29. The first kappa shape index (κ1) is 22.9. The molecule has 2 aromatic heterocycles. The lowest BCUT2D eigenvalue weighted by molar-refractivity contribution is 0.103. The summed E-state index contributed by atoms with van der Waals surface area (Å²) in [5.74, 6) is 0.864. The van der Waals surface area contributed by atoms with Crippen LogP contribution in [-0.4, -0.2) is 28.9 Å². The maximum absolute atomic E-state index is 13.3. The van der Waals surface area contributed by atoms with Crippen LogP contribution in [0, 0.1) is 6.92 Å². The number of para-hydroxylation sites is 1. The second-order valence-electron chi connectivity index (χ2n) is 7.27. The molecule has 0 saturated heterocycles. The van der Waals surface area contributed by atoms with Crippen molar-refractivity contribution in [3.05, 3.63) is 94.8 Å². The molecule has 0 bridgehead atoms. The summed E-state index contributed by atoms with van der Waals surface area (Å²) in [6.07, 6.45) is 4.93. The van der Waals surface area contributed by atoms with E-state index in [0.29, 0.717) is 40.1 Å². The van der Waals surface area contributed by atoms with Gasteiger partial charge in [0.15, 0.2) is 10.9 Å². The number of ketones is 1. The molecule has 172 valence electrons. The highest BCUT2D eigenvalue weighted by Crippen LogP contribution is 2.27. The SMILES string of the molecule is COc1ccccc1C(=O)c1cc(C)ccc1NC(=O)Nc1ncc(COc2cccnc2)s1. The Balaban J connectivity index is 1.45. The van der Waals surface area contributed by atoms with E-state index in [2.05, 4.69) is 20.6 Å². The van der Waals surface area contributed by atoms with E-state index in [4.69, 9.17) is 9.47 Å². The van der Waals surface area contributed by atoms with Crippen molar-refractivity contribution in [2.45, 2.75) is 13.5 Å². The molecular formula is C25H22N4O4S. The summed E-state index contributed by atoms with van der Waals surface area (Å²) < 4.78 is 11.0. The number of ether oxygens (including phenoxy) is 2. The number of thiazole rings is 1. The Morgan fingerprint density at radius 2 is 1.85 bits per heavy atom. The Labute approximate surface area is 200 Å². The number of nitrogens with zero attached hydrogens (tertiary/aromatic N) is 2. The number of carbonyl (C=O) groups is 2. The minimum Gasteiger partial charge on any atom is -0.496 e. The van der Waals surface area contributed by atoms with Gasteiger partial charge < -0.3 is 14.8 Å². The van der Waals surface area contributed by atoms with Gasteiger partial charge >= 0.3 is 6.03 Å². The van der Waals surface area contributed by atoms with E-state index in [9.17, 15) is 9.59 Å². The van der Waals surface area contributed by atoms with E-state index < -0.39 is 6.03 Å². The predicted molar refractivity (Wildman–Crippen MR) is 131 cm³/mol. The minimum absolute atomic E-state index is 0.250. The zero-order chi connectivity index (χ0) is 23.9. The van der Waals surface area contributed by atoms with Crippen molar-refractivity contribution in [2.75, 3.05) is 17.7 Å². The topological polar surface area (TPSA) is 102 Å². The number of hydrogen-bond donors (Lipinski definition) is 2. The van der Waals surface area contributed by atoms with Crippen molar-refractivity contribution in [1.82, 2.24) is 9.97 Å². The van der Waals surface area contributed by atoms with Crippen molar-refractivity contribution in [3.63, 3.8) is 0 Å². The van der Waals surface area contributed by atoms with Gasteiger partial charge in [0, 0.05) is 18.0 Å². The average molecular weight is 475 g/mol. The van der Waals surface area contributed by atoms with Gasteiger partial charge in [0.1, 0.15) is 18.1 Å². The van der Waals surface area contributed by atoms with Gasteiger partial charge in [-0.05, 0) is 43.3 Å². The van der Waals surface area contributed by atoms with Gasteiger partial charge in [0.25, 0.3) is 0 Å². The monoisotopic (exact) mass is 474 g/mol. The number of amides is 2. The number of pyridine rings is 1. The molecule has 34 heavy (non-hydrogen) atoms. The molecule has 0 saturated carbocycles. The van der Waals surface area contributed by atoms with Crippen molar-refractivity contribution in [2.24, 2.45) is 0 Å². The second-order valence-corrected chi connectivity index (χ2v) is 8.38. The Kier molecular flexibility index (Phi) is 7.14. The van der Waals surface area contributed by atoms with Crippen LogP contribution in [0.1, 0.15) is 26.4 Å². The molecule has 4 aromatic rings. The molecule has 2 N–H and O–H groups in total. The molecule has 4 rings (SSSR count). The van der Waals surface area contributed by atoms with Crippen molar-refractivity contribution in [3.8, 4) is 11.5 Å². The van der Waals surface area contributed by atoms with Gasteiger partial charge in [0.2, 0.25) is 0 Å². The number of rotatable bonds is 8. The lowest BCUT2D eigenvalue weighted by atomic mass is 9.99. The lowest BCUT2D eigenvalue weighted by Gasteiger charge is -2.13. The van der Waals surface area contributed by atoms with Gasteiger partial charge in [-0.15, -0.1) is 0 Å². The Morgan fingerprint density at radius 1 is 1.00 bits per heavy atom. The van der Waals surface area contributed by atoms with Crippen molar-refractivity contribution in [1.29, 1.82) is 0 Å². The second kappa shape index (κ2) is 10.6. The van der Waals surface area contributed by atoms with Crippen LogP contribution in [-0.2, 0) is 6.61 Å². The van der Waals surface area contributed by atoms with Crippen LogP contribution < -0.4 is 20.1 Å². The van der Waals surface area contributed by atoms with Crippen molar-refractivity contribution >= 4 is 34.0 Å². The van der Waals surface area contributed by atoms with Crippen LogP contribution in [0.5, 0.6) is 11.5 Å². The molecule has 0 aliphatic rings. The maximum atomic E-state index is 13.3. The third kappa shape index (κ3) is 5.57. The number of aryl methyl sites for hydroxylation is 1. The summed E-state index contributed by atoms with van der Waals surface area (Å²) in [5.41, 5.74) is 2.06. The Hall–Kier alpha value is -4.24. The Morgan fingerprint density at radius 3 is 2.65 bits per heavy atom. The molecule has 2 amide bonds. The van der Waals surface area contributed by atoms with Gasteiger partial charge in [-0.2, -0.15) is 0 Å². The standard InChI is InChI=1S/C25H22N4O4S/c1-16-9-10-21(20(12-16)23(30)19-7-3-4-8-22(19)32-2)28-24(31)29-25-27-14-18(34-25)15-33-17-6-5-11-26-13-17/h3-14H,15H2,1-2H3,(H2,27,28,29,31). The Bertz CT molecular complexity index is 1310. The molecule has 0 fully saturated rings. The molecular weight excluding hydrogens is 452 g/mol. The van der Waals surface area contributed by atoms with Gasteiger partial charge in [-0.3, -0.25) is 15.1 Å². The van der Waals surface area contributed by atoms with E-state index in [1.807, 2.05) is 19.1 Å². The van der Waals surface area contributed by atoms with Crippen molar-refractivity contribution < 1.29 is 19.1 Å². The van der Waals surface area contributed by atoms with Crippen LogP contribution in [0.15, 0.2) is 73.2 Å². The molecule has 8 nitrogen and oxygen atoms in total. The summed E-state index contributed by atoms with van der Waals surface area (Å²) in [7, 11) is 1.51. The number of benzene rings is 2. The highest BCUT2D eigenvalue weighted by molar-refractivity contribution is 7.15. The molecule has 2 aromatic carbocycles. The molecule has 0 aliphatic heterocycles. The molecule has 2 heterocycles. The number of anilines is 2. The zero-order valence-corrected chi connectivity index (χ0v) is 19.4. The molecule has 0 atom stereocenters. The van der Waals surface area contributed by atoms with E-state index in [-0.39, 0.29) is 5.78 Å². The highest BCUT2D eigenvalue weighted by atomic mass is 32.1. The molecule has 0 radical (unpaired) electrons. The van der Waals surface area contributed by atoms with Crippen LogP contribution in [0.25, 0.3) is 0 Å². The largest absolute Gasteiger partial charge is 0.496 e. The summed E-state index contributed by atoms with van der Waals surface area (Å²) in [6, 6.07) is 15.3. The van der Waals surface area contributed by atoms with Crippen LogP contribution in [0.2, 0.25) is 0 Å². The van der Waals surface area contributed by atoms with E-state index in [1.165, 1.54) is 18.4 Å². The van der Waals surface area contributed by atoms with Crippen LogP contribution in [0.3, 0.4) is 0 Å². The number of methoxy groups -OCH3 is 1. The molecule has 0 unspecified atom stereocenters. The molecule has 0 aliphatic carbocycles. The molecule has 9 heteroatoms. The fourth-order valence-electron chi connectivity index (χ4n) is 3.20. The number of carbonyl (C=O) groups excluding carboxylic acids is 2. The summed E-state index contributed by atoms with van der Waals surface area (Å²) in [4.78, 5) is 35.0. The normalized spacial score (nSPS) is 10.4. The third-order valence-electron chi connectivity index (χ3n) is 4.81.